The maximum absolute atomic E-state index is 11.4. The quantitative estimate of drug-likeness (QED) is 0.220. The third kappa shape index (κ3) is 3.85. The summed E-state index contributed by atoms with van der Waals surface area (Å²) >= 11 is 0. The van der Waals surface area contributed by atoms with Crippen molar-refractivity contribution in [3.63, 3.8) is 0 Å². The zero-order valence-corrected chi connectivity index (χ0v) is 23.0. The minimum atomic E-state index is -0.217. The Bertz CT molecular complexity index is 1210. The summed E-state index contributed by atoms with van der Waals surface area (Å²) in [6.45, 7) is 5.78. The molecule has 6 heteroatoms. The second-order valence-corrected chi connectivity index (χ2v) is 12.2. The highest BCUT2D eigenvalue weighted by Gasteiger charge is 2.53. The molecule has 0 radical (unpaired) electrons. The topological polar surface area (TPSA) is 78.9 Å². The highest BCUT2D eigenvalue weighted by molar-refractivity contribution is 5.74. The first-order valence-electron chi connectivity index (χ1n) is 14.6. The second-order valence-electron chi connectivity index (χ2n) is 12.2. The Kier molecular flexibility index (Phi) is 5.87. The zero-order valence-electron chi connectivity index (χ0n) is 23.0. The molecule has 0 spiro atoms. The number of allylic oxidation sites excluding steroid dienone is 3. The first-order chi connectivity index (χ1) is 18.8. The van der Waals surface area contributed by atoms with Crippen LogP contribution in [0.15, 0.2) is 34.9 Å². The lowest BCUT2D eigenvalue weighted by Gasteiger charge is -2.33. The van der Waals surface area contributed by atoms with Crippen molar-refractivity contribution in [3.8, 4) is 0 Å². The summed E-state index contributed by atoms with van der Waals surface area (Å²) in [5.41, 5.74) is 13.9. The Labute approximate surface area is 229 Å². The van der Waals surface area contributed by atoms with Gasteiger partial charge in [-0.15, -0.1) is 0 Å². The highest BCUT2D eigenvalue weighted by atomic mass is 16.5. The van der Waals surface area contributed by atoms with Gasteiger partial charge in [-0.2, -0.15) is 0 Å². The van der Waals surface area contributed by atoms with E-state index in [0.29, 0.717) is 55.3 Å². The van der Waals surface area contributed by atoms with Gasteiger partial charge in [0.05, 0.1) is 19.8 Å². The number of rotatable bonds is 9. The smallest absolute Gasteiger partial charge is 0.302 e. The second kappa shape index (κ2) is 9.21. The first-order valence-corrected chi connectivity index (χ1v) is 14.6. The number of carbonyl (C=O) groups is 3. The number of benzene rings is 1. The summed E-state index contributed by atoms with van der Waals surface area (Å²) in [6, 6.07) is 0. The van der Waals surface area contributed by atoms with E-state index in [2.05, 4.69) is 18.2 Å². The average molecular weight is 529 g/mol. The van der Waals surface area contributed by atoms with E-state index < -0.39 is 0 Å². The molecule has 7 rings (SSSR count). The van der Waals surface area contributed by atoms with E-state index in [9.17, 15) is 14.4 Å². The largest absolute Gasteiger partial charge is 0.466 e. The van der Waals surface area contributed by atoms with E-state index in [0.717, 1.165) is 38.5 Å². The van der Waals surface area contributed by atoms with E-state index >= 15 is 0 Å². The van der Waals surface area contributed by atoms with Crippen molar-refractivity contribution in [2.24, 2.45) is 0 Å². The molecule has 6 bridgehead atoms. The molecule has 1 aromatic rings. The molecule has 6 aliphatic carbocycles. The zero-order chi connectivity index (χ0) is 27.0. The van der Waals surface area contributed by atoms with Gasteiger partial charge in [0.15, 0.2) is 0 Å². The normalized spacial score (nSPS) is 29.5. The molecule has 1 aromatic carbocycles. The fraction of sp³-hybridized carbons (Fsp3) is 0.545. The first kappa shape index (κ1) is 24.9. The van der Waals surface area contributed by atoms with Crippen LogP contribution in [0.2, 0.25) is 0 Å². The van der Waals surface area contributed by atoms with Crippen LogP contribution in [0.3, 0.4) is 0 Å². The number of hydrogen-bond acceptors (Lipinski definition) is 6. The monoisotopic (exact) mass is 528 g/mol. The molecule has 1 unspecified atom stereocenters. The van der Waals surface area contributed by atoms with Crippen molar-refractivity contribution >= 4 is 17.9 Å². The molecule has 0 saturated carbocycles. The van der Waals surface area contributed by atoms with E-state index in [1.54, 1.807) is 33.4 Å². The molecule has 0 N–H and O–H groups in total. The molecule has 0 aromatic heterocycles. The van der Waals surface area contributed by atoms with Gasteiger partial charge in [-0.25, -0.2) is 0 Å². The minimum Gasteiger partial charge on any atom is -0.466 e. The van der Waals surface area contributed by atoms with Gasteiger partial charge in [0.2, 0.25) is 0 Å². The summed E-state index contributed by atoms with van der Waals surface area (Å²) in [5.74, 6) is 1.94. The number of esters is 3. The van der Waals surface area contributed by atoms with Crippen LogP contribution >= 0.6 is 0 Å². The Morgan fingerprint density at radius 1 is 0.538 bits per heavy atom. The molecule has 204 valence electrons. The molecule has 0 fully saturated rings. The number of hydrogen-bond donors (Lipinski definition) is 0. The molecule has 39 heavy (non-hydrogen) atoms. The Morgan fingerprint density at radius 3 is 1.08 bits per heavy atom. The Hall–Kier alpha value is -3.15. The Morgan fingerprint density at radius 2 is 0.821 bits per heavy atom. The van der Waals surface area contributed by atoms with Crippen LogP contribution in [-0.2, 0) is 28.6 Å². The standard InChI is InChI=1S/C33H36O6/c1-16(34)37-7-4-19-10-22-13-25(19)31-28(22)32-26-15-24(12-21(26)6-9-39-18(3)36)30(32)33-27-14-23(29(31)33)11-20(27)5-8-38-17(2)35/h10-12,22-27H,4-9,13-15H2,1-3H3/t22-,23-,24?,25-,26-,27-/m0/s1. The highest BCUT2D eigenvalue weighted by Crippen LogP contribution is 2.69. The van der Waals surface area contributed by atoms with Crippen LogP contribution in [0.4, 0.5) is 0 Å². The maximum atomic E-state index is 11.4. The van der Waals surface area contributed by atoms with Crippen molar-refractivity contribution < 1.29 is 28.6 Å². The van der Waals surface area contributed by atoms with Crippen LogP contribution in [0.1, 0.15) is 128 Å². The lowest BCUT2D eigenvalue weighted by atomic mass is 9.72. The maximum Gasteiger partial charge on any atom is 0.302 e. The molecular weight excluding hydrogens is 492 g/mol. The van der Waals surface area contributed by atoms with Gasteiger partial charge in [0.1, 0.15) is 0 Å². The summed E-state index contributed by atoms with van der Waals surface area (Å²) in [7, 11) is 0. The predicted octanol–water partition coefficient (Wildman–Crippen LogP) is 6.08. The minimum absolute atomic E-state index is 0.217. The van der Waals surface area contributed by atoms with Gasteiger partial charge in [0, 0.05) is 75.5 Å². The fourth-order valence-corrected chi connectivity index (χ4v) is 8.96. The van der Waals surface area contributed by atoms with Gasteiger partial charge < -0.3 is 14.2 Å². The number of fused-ring (bicyclic) bond motifs is 18. The van der Waals surface area contributed by atoms with Gasteiger partial charge in [0.25, 0.3) is 0 Å². The third-order valence-corrected chi connectivity index (χ3v) is 10.0. The predicted molar refractivity (Wildman–Crippen MR) is 145 cm³/mol. The molecule has 6 atom stereocenters. The van der Waals surface area contributed by atoms with Crippen molar-refractivity contribution in [3.05, 3.63) is 68.3 Å². The fourth-order valence-electron chi connectivity index (χ4n) is 8.96. The average Bonchev–Trinajstić information content (AvgIpc) is 3.70. The lowest BCUT2D eigenvalue weighted by molar-refractivity contribution is -0.141. The molecule has 6 aliphatic rings. The summed E-state index contributed by atoms with van der Waals surface area (Å²) < 4.78 is 16.0. The van der Waals surface area contributed by atoms with Crippen molar-refractivity contribution in [1.82, 2.24) is 0 Å². The van der Waals surface area contributed by atoms with Crippen LogP contribution in [0.25, 0.3) is 0 Å². The SMILES string of the molecule is CC(=O)OCCC1=CC2C[C@@H]1c1c2c2c(c3c1[C@H]1C=C(CCOC(C)=O)[C@@H]3C1)[C@H]1C=C(CCOC(C)=O)[C@@H]2C1. The van der Waals surface area contributed by atoms with Crippen LogP contribution in [0, 0.1) is 0 Å². The van der Waals surface area contributed by atoms with Gasteiger partial charge >= 0.3 is 17.9 Å². The van der Waals surface area contributed by atoms with E-state index in [-0.39, 0.29) is 17.9 Å². The van der Waals surface area contributed by atoms with Gasteiger partial charge in [-0.3, -0.25) is 14.4 Å². The lowest BCUT2D eigenvalue weighted by Crippen LogP contribution is -2.17. The summed E-state index contributed by atoms with van der Waals surface area (Å²) in [5, 5.41) is 0. The van der Waals surface area contributed by atoms with E-state index in [4.69, 9.17) is 14.2 Å². The van der Waals surface area contributed by atoms with E-state index in [1.165, 1.54) is 37.5 Å². The van der Waals surface area contributed by atoms with Crippen LogP contribution < -0.4 is 0 Å². The molecule has 0 aliphatic heterocycles. The molecule has 0 amide bonds. The molecular formula is C33H36O6. The van der Waals surface area contributed by atoms with Crippen molar-refractivity contribution in [2.45, 2.75) is 94.8 Å². The number of ether oxygens (including phenoxy) is 3. The van der Waals surface area contributed by atoms with Crippen molar-refractivity contribution in [1.29, 1.82) is 0 Å². The summed E-state index contributed by atoms with van der Waals surface area (Å²) in [4.78, 5) is 34.2. The summed E-state index contributed by atoms with van der Waals surface area (Å²) in [6.07, 6.45) is 13.3. The van der Waals surface area contributed by atoms with Crippen LogP contribution in [0.5, 0.6) is 0 Å². The number of carbonyl (C=O) groups excluding carboxylic acids is 3. The molecule has 6 nitrogen and oxygen atoms in total. The van der Waals surface area contributed by atoms with Gasteiger partial charge in [-0.05, 0) is 52.6 Å². The molecule has 0 saturated heterocycles. The van der Waals surface area contributed by atoms with E-state index in [1.807, 2.05) is 0 Å². The van der Waals surface area contributed by atoms with Gasteiger partial charge in [-0.1, -0.05) is 34.9 Å². The van der Waals surface area contributed by atoms with Crippen LogP contribution in [-0.4, -0.2) is 37.7 Å². The molecule has 0 heterocycles. The van der Waals surface area contributed by atoms with Crippen molar-refractivity contribution in [2.75, 3.05) is 19.8 Å². The Balaban J connectivity index is 1.26. The third-order valence-electron chi connectivity index (χ3n) is 10.0.